The molecule has 1 aromatic carbocycles. The second kappa shape index (κ2) is 6.21. The molecule has 6 heteroatoms. The Morgan fingerprint density at radius 2 is 1.95 bits per heavy atom. The van der Waals surface area contributed by atoms with Crippen LogP contribution in [0.1, 0.15) is 28.6 Å². The zero-order valence-corrected chi connectivity index (χ0v) is 11.8. The lowest BCUT2D eigenvalue weighted by Crippen LogP contribution is -2.34. The van der Waals surface area contributed by atoms with Crippen molar-refractivity contribution in [2.45, 2.75) is 26.3 Å². The third kappa shape index (κ3) is 3.47. The van der Waals surface area contributed by atoms with Gasteiger partial charge in [0.05, 0.1) is 12.1 Å². The highest BCUT2D eigenvalue weighted by Gasteiger charge is 2.23. The number of carbonyl (C=O) groups excluding carboxylic acids is 1. The molecule has 0 spiro atoms. The Bertz CT molecular complexity index is 629. The number of aryl methyl sites for hydroxylation is 2. The first-order valence-corrected chi connectivity index (χ1v) is 6.48. The average molecular weight is 288 g/mol. The van der Waals surface area contributed by atoms with Gasteiger partial charge in [-0.25, -0.2) is 4.79 Å². The number of rotatable bonds is 5. The molecule has 0 saturated heterocycles. The minimum atomic E-state index is -1.10. The molecule has 0 aliphatic heterocycles. The maximum atomic E-state index is 12.1. The van der Waals surface area contributed by atoms with Gasteiger partial charge in [0.25, 0.3) is 0 Å². The van der Waals surface area contributed by atoms with Gasteiger partial charge in [-0.1, -0.05) is 35.5 Å². The zero-order chi connectivity index (χ0) is 15.4. The van der Waals surface area contributed by atoms with Crippen LogP contribution in [0.15, 0.2) is 34.9 Å². The fourth-order valence-electron chi connectivity index (χ4n) is 2.06. The summed E-state index contributed by atoms with van der Waals surface area (Å²) < 4.78 is 4.99. The highest BCUT2D eigenvalue weighted by atomic mass is 16.5. The lowest BCUT2D eigenvalue weighted by Gasteiger charge is -2.14. The van der Waals surface area contributed by atoms with Gasteiger partial charge < -0.3 is 14.9 Å². The molecule has 1 aromatic heterocycles. The summed E-state index contributed by atoms with van der Waals surface area (Å²) in [4.78, 5) is 23.4. The van der Waals surface area contributed by atoms with Crippen molar-refractivity contribution in [3.63, 3.8) is 0 Å². The number of aromatic nitrogens is 1. The van der Waals surface area contributed by atoms with Crippen LogP contribution in [0.4, 0.5) is 0 Å². The van der Waals surface area contributed by atoms with Crippen LogP contribution < -0.4 is 5.32 Å². The highest BCUT2D eigenvalue weighted by Crippen LogP contribution is 2.15. The Kier molecular flexibility index (Phi) is 4.37. The molecule has 0 bridgehead atoms. The lowest BCUT2D eigenvalue weighted by atomic mass is 10.1. The number of benzene rings is 1. The topological polar surface area (TPSA) is 92.4 Å². The second-order valence-electron chi connectivity index (χ2n) is 4.73. The van der Waals surface area contributed by atoms with E-state index in [1.165, 1.54) is 0 Å². The zero-order valence-electron chi connectivity index (χ0n) is 11.8. The maximum absolute atomic E-state index is 12.1. The number of nitrogens with zero attached hydrogens (tertiary/aromatic N) is 1. The van der Waals surface area contributed by atoms with Crippen molar-refractivity contribution >= 4 is 11.9 Å². The van der Waals surface area contributed by atoms with Crippen LogP contribution in [0, 0.1) is 13.8 Å². The van der Waals surface area contributed by atoms with Crippen LogP contribution in [0.5, 0.6) is 0 Å². The van der Waals surface area contributed by atoms with E-state index < -0.39 is 12.0 Å². The van der Waals surface area contributed by atoms with E-state index in [4.69, 9.17) is 4.52 Å². The van der Waals surface area contributed by atoms with Crippen molar-refractivity contribution in [1.29, 1.82) is 0 Å². The van der Waals surface area contributed by atoms with Crippen molar-refractivity contribution < 1.29 is 19.2 Å². The summed E-state index contributed by atoms with van der Waals surface area (Å²) in [7, 11) is 0. The summed E-state index contributed by atoms with van der Waals surface area (Å²) in [5.41, 5.74) is 1.84. The lowest BCUT2D eigenvalue weighted by molar-refractivity contribution is -0.141. The SMILES string of the molecule is Cc1noc(C)c1CC(=O)N[C@H](C(=O)O)c1ccccc1. The van der Waals surface area contributed by atoms with E-state index in [0.29, 0.717) is 22.6 Å². The number of hydrogen-bond donors (Lipinski definition) is 2. The summed E-state index contributed by atoms with van der Waals surface area (Å²) in [6, 6.07) is 7.49. The Labute approximate surface area is 121 Å². The van der Waals surface area contributed by atoms with Gasteiger partial charge in [0.2, 0.25) is 5.91 Å². The summed E-state index contributed by atoms with van der Waals surface area (Å²) in [6.07, 6.45) is 0.0395. The van der Waals surface area contributed by atoms with Crippen molar-refractivity contribution in [3.05, 3.63) is 52.9 Å². The predicted molar refractivity (Wildman–Crippen MR) is 74.6 cm³/mol. The number of carbonyl (C=O) groups is 2. The van der Waals surface area contributed by atoms with E-state index in [9.17, 15) is 14.7 Å². The number of aliphatic carboxylic acids is 1. The largest absolute Gasteiger partial charge is 0.479 e. The third-order valence-electron chi connectivity index (χ3n) is 3.20. The summed E-state index contributed by atoms with van der Waals surface area (Å²) >= 11 is 0. The average Bonchev–Trinajstić information content (AvgIpc) is 2.77. The van der Waals surface area contributed by atoms with E-state index in [-0.39, 0.29) is 12.3 Å². The number of carboxylic acids is 1. The molecule has 0 radical (unpaired) electrons. The Balaban J connectivity index is 2.11. The van der Waals surface area contributed by atoms with Gasteiger partial charge in [-0.2, -0.15) is 0 Å². The van der Waals surface area contributed by atoms with Crippen LogP contribution in [-0.4, -0.2) is 22.1 Å². The number of nitrogens with one attached hydrogen (secondary N) is 1. The standard InChI is InChI=1S/C15H16N2O4/c1-9-12(10(2)21-17-9)8-13(18)16-14(15(19)20)11-6-4-3-5-7-11/h3-7,14H,8H2,1-2H3,(H,16,18)(H,19,20)/t14-/m0/s1. The smallest absolute Gasteiger partial charge is 0.330 e. The van der Waals surface area contributed by atoms with Gasteiger partial charge in [-0.15, -0.1) is 0 Å². The molecule has 1 heterocycles. The van der Waals surface area contributed by atoms with Crippen molar-refractivity contribution in [3.8, 4) is 0 Å². The van der Waals surface area contributed by atoms with Gasteiger partial charge in [0.1, 0.15) is 5.76 Å². The normalized spacial score (nSPS) is 11.9. The van der Waals surface area contributed by atoms with E-state index in [2.05, 4.69) is 10.5 Å². The molecule has 110 valence electrons. The molecule has 2 aromatic rings. The Morgan fingerprint density at radius 1 is 1.29 bits per heavy atom. The van der Waals surface area contributed by atoms with Gasteiger partial charge in [0.15, 0.2) is 6.04 Å². The molecule has 1 atom stereocenters. The molecule has 0 fully saturated rings. The maximum Gasteiger partial charge on any atom is 0.330 e. The molecular weight excluding hydrogens is 272 g/mol. The van der Waals surface area contributed by atoms with E-state index >= 15 is 0 Å². The van der Waals surface area contributed by atoms with Crippen molar-refractivity contribution in [2.24, 2.45) is 0 Å². The van der Waals surface area contributed by atoms with E-state index in [1.54, 1.807) is 44.2 Å². The first-order chi connectivity index (χ1) is 9.99. The summed E-state index contributed by atoms with van der Waals surface area (Å²) in [5.74, 6) is -0.928. The predicted octanol–water partition coefficient (Wildman–Crippen LogP) is 1.78. The molecule has 0 saturated carbocycles. The first-order valence-electron chi connectivity index (χ1n) is 6.48. The van der Waals surface area contributed by atoms with Gasteiger partial charge in [-0.05, 0) is 19.4 Å². The molecule has 2 N–H and O–H groups in total. The summed E-state index contributed by atoms with van der Waals surface area (Å²) in [6.45, 7) is 3.46. The van der Waals surface area contributed by atoms with Gasteiger partial charge >= 0.3 is 5.97 Å². The fraction of sp³-hybridized carbons (Fsp3) is 0.267. The fourth-order valence-corrected chi connectivity index (χ4v) is 2.06. The van der Waals surface area contributed by atoms with Crippen LogP contribution in [0.3, 0.4) is 0 Å². The molecular formula is C15H16N2O4. The van der Waals surface area contributed by atoms with Crippen LogP contribution >= 0.6 is 0 Å². The van der Waals surface area contributed by atoms with Crippen LogP contribution in [0.2, 0.25) is 0 Å². The van der Waals surface area contributed by atoms with Crippen LogP contribution in [0.25, 0.3) is 0 Å². The molecule has 2 rings (SSSR count). The Hall–Kier alpha value is -2.63. The monoisotopic (exact) mass is 288 g/mol. The Morgan fingerprint density at radius 3 is 2.48 bits per heavy atom. The molecule has 6 nitrogen and oxygen atoms in total. The molecule has 0 aliphatic carbocycles. The quantitative estimate of drug-likeness (QED) is 0.874. The van der Waals surface area contributed by atoms with E-state index in [1.807, 2.05) is 0 Å². The first kappa shape index (κ1) is 14.8. The van der Waals surface area contributed by atoms with Crippen molar-refractivity contribution in [1.82, 2.24) is 10.5 Å². The number of hydrogen-bond acceptors (Lipinski definition) is 4. The van der Waals surface area contributed by atoms with Gasteiger partial charge in [0, 0.05) is 5.56 Å². The molecule has 21 heavy (non-hydrogen) atoms. The highest BCUT2D eigenvalue weighted by molar-refractivity contribution is 5.85. The minimum Gasteiger partial charge on any atom is -0.479 e. The molecule has 1 amide bonds. The second-order valence-corrected chi connectivity index (χ2v) is 4.73. The van der Waals surface area contributed by atoms with E-state index in [0.717, 1.165) is 0 Å². The molecule has 0 unspecified atom stereocenters. The van der Waals surface area contributed by atoms with Gasteiger partial charge in [-0.3, -0.25) is 4.79 Å². The number of amides is 1. The summed E-state index contributed by atoms with van der Waals surface area (Å²) in [5, 5.41) is 15.6. The number of carboxylic acid groups (broad SMARTS) is 1. The minimum absolute atomic E-state index is 0.0395. The van der Waals surface area contributed by atoms with Crippen LogP contribution in [-0.2, 0) is 16.0 Å². The molecule has 0 aliphatic rings. The van der Waals surface area contributed by atoms with Crippen molar-refractivity contribution in [2.75, 3.05) is 0 Å². The third-order valence-corrected chi connectivity index (χ3v) is 3.20.